The molecule has 0 bridgehead atoms. The van der Waals surface area contributed by atoms with E-state index in [1.54, 1.807) is 13.2 Å². The molecule has 0 spiro atoms. The number of hydrogen-bond donors (Lipinski definition) is 0. The Kier molecular flexibility index (Phi) is 4.53. The number of ether oxygens (including phenoxy) is 1. The van der Waals surface area contributed by atoms with Crippen molar-refractivity contribution in [1.29, 1.82) is 0 Å². The molecule has 2 aromatic carbocycles. The minimum absolute atomic E-state index is 0.0455. The maximum atomic E-state index is 12.7. The van der Waals surface area contributed by atoms with E-state index in [1.807, 2.05) is 24.3 Å². The van der Waals surface area contributed by atoms with Crippen molar-refractivity contribution in [3.63, 3.8) is 0 Å². The Labute approximate surface area is 147 Å². The number of carbonyl (C=O) groups excluding carboxylic acids is 1. The Bertz CT molecular complexity index is 822. The number of methoxy groups -OCH3 is 1. The number of hydrogen-bond acceptors (Lipinski definition) is 4. The van der Waals surface area contributed by atoms with Gasteiger partial charge in [0.2, 0.25) is 5.91 Å². The van der Waals surface area contributed by atoms with Crippen molar-refractivity contribution in [3.8, 4) is 5.75 Å². The smallest absolute Gasteiger partial charge is 0.294 e. The second-order valence-corrected chi connectivity index (χ2v) is 6.43. The van der Waals surface area contributed by atoms with E-state index >= 15 is 0 Å². The third-order valence-electron chi connectivity index (χ3n) is 4.00. The molecule has 0 saturated heterocycles. The van der Waals surface area contributed by atoms with Gasteiger partial charge in [0.1, 0.15) is 11.4 Å². The van der Waals surface area contributed by atoms with Crippen LogP contribution in [0.1, 0.15) is 11.1 Å². The van der Waals surface area contributed by atoms with Gasteiger partial charge in [-0.3, -0.25) is 14.9 Å². The van der Waals surface area contributed by atoms with Crippen LogP contribution in [0.15, 0.2) is 40.9 Å². The summed E-state index contributed by atoms with van der Waals surface area (Å²) in [4.78, 5) is 25.1. The van der Waals surface area contributed by atoms with Crippen LogP contribution in [0.4, 0.5) is 11.4 Å². The quantitative estimate of drug-likeness (QED) is 0.591. The van der Waals surface area contributed by atoms with Gasteiger partial charge in [0.15, 0.2) is 0 Å². The van der Waals surface area contributed by atoms with Crippen molar-refractivity contribution >= 4 is 33.2 Å². The summed E-state index contributed by atoms with van der Waals surface area (Å²) in [6.45, 7) is 0.454. The molecule has 1 aliphatic rings. The number of benzene rings is 2. The number of amides is 1. The Hall–Kier alpha value is -2.41. The van der Waals surface area contributed by atoms with Crippen molar-refractivity contribution in [2.75, 3.05) is 18.6 Å². The second kappa shape index (κ2) is 6.60. The molecule has 0 aliphatic carbocycles. The van der Waals surface area contributed by atoms with E-state index in [-0.39, 0.29) is 18.0 Å². The Morgan fingerprint density at radius 1 is 1.38 bits per heavy atom. The lowest BCUT2D eigenvalue weighted by Crippen LogP contribution is -2.30. The minimum atomic E-state index is -0.444. The molecule has 1 heterocycles. The average Bonchev–Trinajstić information content (AvgIpc) is 2.97. The third kappa shape index (κ3) is 3.12. The van der Waals surface area contributed by atoms with Gasteiger partial charge in [0.05, 0.1) is 18.5 Å². The first-order valence-corrected chi connectivity index (χ1v) is 8.19. The van der Waals surface area contributed by atoms with Gasteiger partial charge in [0.25, 0.3) is 5.69 Å². The van der Waals surface area contributed by atoms with Crippen molar-refractivity contribution in [3.05, 3.63) is 62.1 Å². The lowest BCUT2D eigenvalue weighted by Gasteiger charge is -2.17. The number of anilines is 1. The van der Waals surface area contributed by atoms with Gasteiger partial charge < -0.3 is 9.64 Å². The van der Waals surface area contributed by atoms with Crippen molar-refractivity contribution < 1.29 is 14.5 Å². The molecule has 3 rings (SSSR count). The summed E-state index contributed by atoms with van der Waals surface area (Å²) in [5.41, 5.74) is 1.99. The summed E-state index contributed by atoms with van der Waals surface area (Å²) in [7, 11) is 1.57. The molecule has 1 aliphatic heterocycles. The maximum Gasteiger partial charge on any atom is 0.294 e. The zero-order chi connectivity index (χ0) is 17.3. The number of carbonyl (C=O) groups is 1. The van der Waals surface area contributed by atoms with Crippen LogP contribution in [-0.4, -0.2) is 24.5 Å². The van der Waals surface area contributed by atoms with Crippen LogP contribution in [0.25, 0.3) is 0 Å². The molecule has 0 fully saturated rings. The first kappa shape index (κ1) is 16.4. The normalized spacial score (nSPS) is 12.8. The number of nitro benzene ring substituents is 1. The number of rotatable bonds is 4. The van der Waals surface area contributed by atoms with Crippen LogP contribution in [0.2, 0.25) is 0 Å². The van der Waals surface area contributed by atoms with E-state index in [9.17, 15) is 14.9 Å². The summed E-state index contributed by atoms with van der Waals surface area (Å²) in [6, 6.07) is 10.5. The second-order valence-electron chi connectivity index (χ2n) is 5.51. The zero-order valence-corrected chi connectivity index (χ0v) is 14.6. The highest BCUT2D eigenvalue weighted by Crippen LogP contribution is 2.39. The largest absolute Gasteiger partial charge is 0.497 e. The molecule has 6 nitrogen and oxygen atoms in total. The van der Waals surface area contributed by atoms with Crippen LogP contribution in [0.3, 0.4) is 0 Å². The fraction of sp³-hybridized carbons (Fsp3) is 0.235. The molecule has 0 atom stereocenters. The van der Waals surface area contributed by atoms with Gasteiger partial charge in [-0.2, -0.15) is 0 Å². The van der Waals surface area contributed by atoms with Crippen LogP contribution in [0.5, 0.6) is 5.75 Å². The Morgan fingerprint density at radius 3 is 2.88 bits per heavy atom. The molecular weight excluding hydrogens is 376 g/mol. The summed E-state index contributed by atoms with van der Waals surface area (Å²) < 4.78 is 5.81. The summed E-state index contributed by atoms with van der Waals surface area (Å²) >= 11 is 3.29. The number of nitro groups is 1. The molecule has 0 N–H and O–H groups in total. The first-order chi connectivity index (χ1) is 11.5. The van der Waals surface area contributed by atoms with E-state index in [4.69, 9.17) is 4.74 Å². The molecule has 7 heteroatoms. The fourth-order valence-corrected chi connectivity index (χ4v) is 3.42. The van der Waals surface area contributed by atoms with E-state index in [2.05, 4.69) is 15.9 Å². The average molecular weight is 391 g/mol. The molecule has 2 aromatic rings. The van der Waals surface area contributed by atoms with Gasteiger partial charge in [-0.1, -0.05) is 28.1 Å². The highest BCUT2D eigenvalue weighted by atomic mass is 79.9. The lowest BCUT2D eigenvalue weighted by atomic mass is 10.1. The zero-order valence-electron chi connectivity index (χ0n) is 13.0. The highest BCUT2D eigenvalue weighted by Gasteiger charge is 2.32. The van der Waals surface area contributed by atoms with Crippen molar-refractivity contribution in [2.24, 2.45) is 0 Å². The van der Waals surface area contributed by atoms with Crippen LogP contribution < -0.4 is 9.64 Å². The Morgan fingerprint density at radius 2 is 2.17 bits per heavy atom. The highest BCUT2D eigenvalue weighted by molar-refractivity contribution is 9.10. The van der Waals surface area contributed by atoms with E-state index in [0.29, 0.717) is 28.9 Å². The number of nitrogens with zero attached hydrogens (tertiary/aromatic N) is 2. The van der Waals surface area contributed by atoms with E-state index in [0.717, 1.165) is 11.1 Å². The molecule has 0 unspecified atom stereocenters. The Balaban J connectivity index is 1.90. The molecule has 24 heavy (non-hydrogen) atoms. The van der Waals surface area contributed by atoms with E-state index in [1.165, 1.54) is 11.0 Å². The summed E-state index contributed by atoms with van der Waals surface area (Å²) in [6.07, 6.45) is 0.781. The molecular formula is C17H15BrN2O4. The minimum Gasteiger partial charge on any atom is -0.497 e. The molecule has 1 amide bonds. The topological polar surface area (TPSA) is 72.7 Å². The van der Waals surface area contributed by atoms with Gasteiger partial charge >= 0.3 is 0 Å². The van der Waals surface area contributed by atoms with Gasteiger partial charge in [0, 0.05) is 17.1 Å². The number of halogens is 1. The monoisotopic (exact) mass is 390 g/mol. The molecule has 0 radical (unpaired) electrons. The predicted octanol–water partition coefficient (Wildman–Crippen LogP) is 3.50. The van der Waals surface area contributed by atoms with Gasteiger partial charge in [-0.15, -0.1) is 0 Å². The first-order valence-electron chi connectivity index (χ1n) is 7.39. The summed E-state index contributed by atoms with van der Waals surface area (Å²) in [5.74, 6) is 0.518. The van der Waals surface area contributed by atoms with Gasteiger partial charge in [-0.05, 0) is 35.7 Å². The standard InChI is InChI=1S/C17H15BrN2O4/c1-24-14-4-2-3-11(7-14)8-16(21)19-6-5-12-9-13(18)10-15(17(12)19)20(22)23/h2-4,7,9-10H,5-6,8H2,1H3. The van der Waals surface area contributed by atoms with Crippen molar-refractivity contribution in [1.82, 2.24) is 0 Å². The van der Waals surface area contributed by atoms with Crippen LogP contribution in [-0.2, 0) is 17.6 Å². The maximum absolute atomic E-state index is 12.7. The SMILES string of the molecule is COc1cccc(CC(=O)N2CCc3cc(Br)cc([N+](=O)[O-])c32)c1. The molecule has 0 aromatic heterocycles. The number of fused-ring (bicyclic) bond motifs is 1. The van der Waals surface area contributed by atoms with Crippen LogP contribution in [0, 0.1) is 10.1 Å². The van der Waals surface area contributed by atoms with E-state index < -0.39 is 4.92 Å². The summed E-state index contributed by atoms with van der Waals surface area (Å²) in [5, 5.41) is 11.4. The fourth-order valence-electron chi connectivity index (χ4n) is 2.93. The third-order valence-corrected chi connectivity index (χ3v) is 4.45. The molecule has 0 saturated carbocycles. The predicted molar refractivity (Wildman–Crippen MR) is 93.6 cm³/mol. The van der Waals surface area contributed by atoms with Gasteiger partial charge in [-0.25, -0.2) is 0 Å². The van der Waals surface area contributed by atoms with Crippen LogP contribution >= 0.6 is 15.9 Å². The lowest BCUT2D eigenvalue weighted by molar-refractivity contribution is -0.384. The molecule has 124 valence electrons. The van der Waals surface area contributed by atoms with Crippen molar-refractivity contribution in [2.45, 2.75) is 12.8 Å².